The molecule has 1 saturated heterocycles. The Bertz CT molecular complexity index is 221. The van der Waals surface area contributed by atoms with Crippen LogP contribution in [0.3, 0.4) is 0 Å². The molecular weight excluding hydrogens is 192 g/mol. The second-order valence-corrected chi connectivity index (χ2v) is 3.98. The molecule has 0 spiro atoms. The van der Waals surface area contributed by atoms with Gasteiger partial charge in [-0.1, -0.05) is 0 Å². The molecule has 5 heteroatoms. The molecule has 1 aliphatic rings. The van der Waals surface area contributed by atoms with Crippen LogP contribution < -0.4 is 0 Å². The van der Waals surface area contributed by atoms with Crippen molar-refractivity contribution < 1.29 is 18.7 Å². The molecule has 1 aliphatic heterocycles. The first-order valence-electron chi connectivity index (χ1n) is 4.71. The molecule has 0 aromatic rings. The third-order valence-corrected chi connectivity index (χ3v) is 2.58. The average Bonchev–Trinajstić information content (AvgIpc) is 2.02. The molecule has 1 N–H and O–H groups in total. The number of piperidine rings is 1. The van der Waals surface area contributed by atoms with Gasteiger partial charge in [0.25, 0.3) is 0 Å². The van der Waals surface area contributed by atoms with Crippen molar-refractivity contribution in [3.8, 4) is 0 Å². The second-order valence-electron chi connectivity index (χ2n) is 3.98. The van der Waals surface area contributed by atoms with Crippen LogP contribution in [0.1, 0.15) is 19.3 Å². The zero-order valence-corrected chi connectivity index (χ0v) is 8.17. The fourth-order valence-corrected chi connectivity index (χ4v) is 1.89. The van der Waals surface area contributed by atoms with Crippen LogP contribution in [-0.2, 0) is 4.79 Å². The molecule has 0 bridgehead atoms. The van der Waals surface area contributed by atoms with E-state index in [-0.39, 0.29) is 5.92 Å². The minimum absolute atomic E-state index is 0.195. The number of carboxylic acids is 1. The van der Waals surface area contributed by atoms with Gasteiger partial charge in [0.05, 0.1) is 0 Å². The Morgan fingerprint density at radius 3 is 2.79 bits per heavy atom. The van der Waals surface area contributed by atoms with E-state index >= 15 is 0 Å². The van der Waals surface area contributed by atoms with Gasteiger partial charge in [-0.25, -0.2) is 4.79 Å². The third kappa shape index (κ3) is 2.90. The van der Waals surface area contributed by atoms with Crippen LogP contribution in [0.2, 0.25) is 0 Å². The molecule has 1 heterocycles. The van der Waals surface area contributed by atoms with Gasteiger partial charge in [0.15, 0.2) is 0 Å². The topological polar surface area (TPSA) is 40.5 Å². The van der Waals surface area contributed by atoms with Crippen molar-refractivity contribution in [3.05, 3.63) is 0 Å². The Kier molecular flexibility index (Phi) is 3.42. The molecule has 0 aromatic heterocycles. The number of carboxylic acid groups (broad SMARTS) is 1. The highest BCUT2D eigenvalue weighted by Gasteiger charge is 2.41. The van der Waals surface area contributed by atoms with E-state index in [2.05, 4.69) is 0 Å². The lowest BCUT2D eigenvalue weighted by atomic mass is 9.92. The number of alkyl halides is 2. The minimum Gasteiger partial charge on any atom is -0.477 e. The summed E-state index contributed by atoms with van der Waals surface area (Å²) in [5.74, 6) is -5.77. The number of nitrogens with zero attached hydrogens (tertiary/aromatic N) is 1. The van der Waals surface area contributed by atoms with E-state index in [4.69, 9.17) is 5.11 Å². The fraction of sp³-hybridized carbons (Fsp3) is 0.889. The minimum atomic E-state index is -3.57. The SMILES string of the molecule is CN1CCCC(CC(F)(F)C(=O)O)C1. The maximum absolute atomic E-state index is 12.8. The quantitative estimate of drug-likeness (QED) is 0.761. The van der Waals surface area contributed by atoms with Gasteiger partial charge in [-0.3, -0.25) is 0 Å². The Hall–Kier alpha value is -0.710. The monoisotopic (exact) mass is 207 g/mol. The standard InChI is InChI=1S/C9H15F2NO2/c1-12-4-2-3-7(6-12)5-9(10,11)8(13)14/h7H,2-6H2,1H3,(H,13,14). The Morgan fingerprint density at radius 2 is 2.29 bits per heavy atom. The predicted molar refractivity (Wildman–Crippen MR) is 47.4 cm³/mol. The van der Waals surface area contributed by atoms with Crippen LogP contribution >= 0.6 is 0 Å². The largest absolute Gasteiger partial charge is 0.477 e. The lowest BCUT2D eigenvalue weighted by Gasteiger charge is -2.30. The summed E-state index contributed by atoms with van der Waals surface area (Å²) in [5.41, 5.74) is 0. The smallest absolute Gasteiger partial charge is 0.374 e. The van der Waals surface area contributed by atoms with Crippen LogP contribution in [0.25, 0.3) is 0 Å². The van der Waals surface area contributed by atoms with E-state index in [9.17, 15) is 13.6 Å². The molecule has 1 rings (SSSR count). The normalized spacial score (nSPS) is 24.9. The van der Waals surface area contributed by atoms with Crippen molar-refractivity contribution >= 4 is 5.97 Å². The summed E-state index contributed by atoms with van der Waals surface area (Å²) in [6, 6.07) is 0. The van der Waals surface area contributed by atoms with E-state index in [1.807, 2.05) is 11.9 Å². The van der Waals surface area contributed by atoms with Gasteiger partial charge in [-0.2, -0.15) is 8.78 Å². The highest BCUT2D eigenvalue weighted by molar-refractivity contribution is 5.75. The van der Waals surface area contributed by atoms with Gasteiger partial charge in [0.2, 0.25) is 0 Å². The second kappa shape index (κ2) is 4.21. The average molecular weight is 207 g/mol. The van der Waals surface area contributed by atoms with Crippen molar-refractivity contribution in [2.75, 3.05) is 20.1 Å². The molecule has 0 radical (unpaired) electrons. The van der Waals surface area contributed by atoms with Crippen molar-refractivity contribution in [2.45, 2.75) is 25.2 Å². The number of carbonyl (C=O) groups is 1. The molecule has 0 amide bonds. The lowest BCUT2D eigenvalue weighted by Crippen LogP contribution is -2.38. The number of rotatable bonds is 3. The van der Waals surface area contributed by atoms with E-state index in [1.54, 1.807) is 0 Å². The number of likely N-dealkylation sites (tertiary alicyclic amines) is 1. The van der Waals surface area contributed by atoms with Crippen LogP contribution in [0.5, 0.6) is 0 Å². The van der Waals surface area contributed by atoms with Crippen molar-refractivity contribution in [1.82, 2.24) is 4.90 Å². The van der Waals surface area contributed by atoms with E-state index in [0.29, 0.717) is 13.0 Å². The van der Waals surface area contributed by atoms with E-state index < -0.39 is 18.3 Å². The van der Waals surface area contributed by atoms with Crippen molar-refractivity contribution in [3.63, 3.8) is 0 Å². The summed E-state index contributed by atoms with van der Waals surface area (Å²) in [6.07, 6.45) is 1.04. The molecule has 1 atom stereocenters. The number of hydrogen-bond acceptors (Lipinski definition) is 2. The van der Waals surface area contributed by atoms with Crippen molar-refractivity contribution in [2.24, 2.45) is 5.92 Å². The third-order valence-electron chi connectivity index (χ3n) is 2.58. The molecule has 1 unspecified atom stereocenters. The molecule has 1 fully saturated rings. The van der Waals surface area contributed by atoms with Crippen LogP contribution in [0, 0.1) is 5.92 Å². The van der Waals surface area contributed by atoms with Crippen LogP contribution in [-0.4, -0.2) is 42.0 Å². The molecule has 82 valence electrons. The number of aliphatic carboxylic acids is 1. The number of hydrogen-bond donors (Lipinski definition) is 1. The van der Waals surface area contributed by atoms with Gasteiger partial charge in [0.1, 0.15) is 0 Å². The Labute approximate surface area is 81.7 Å². The van der Waals surface area contributed by atoms with Crippen molar-refractivity contribution in [1.29, 1.82) is 0 Å². The summed E-state index contributed by atoms with van der Waals surface area (Å²) >= 11 is 0. The zero-order valence-electron chi connectivity index (χ0n) is 8.17. The first-order valence-corrected chi connectivity index (χ1v) is 4.71. The van der Waals surface area contributed by atoms with E-state index in [1.165, 1.54) is 0 Å². The first-order chi connectivity index (χ1) is 6.42. The van der Waals surface area contributed by atoms with E-state index in [0.717, 1.165) is 13.0 Å². The summed E-state index contributed by atoms with van der Waals surface area (Å²) in [4.78, 5) is 12.2. The predicted octanol–water partition coefficient (Wildman–Crippen LogP) is 1.44. The molecule has 14 heavy (non-hydrogen) atoms. The van der Waals surface area contributed by atoms with Gasteiger partial charge in [-0.05, 0) is 32.4 Å². The summed E-state index contributed by atoms with van der Waals surface area (Å²) in [7, 11) is 1.87. The lowest BCUT2D eigenvalue weighted by molar-refractivity contribution is -0.167. The summed E-state index contributed by atoms with van der Waals surface area (Å²) in [5, 5.41) is 8.27. The van der Waals surface area contributed by atoms with Gasteiger partial charge < -0.3 is 10.0 Å². The highest BCUT2D eigenvalue weighted by atomic mass is 19.3. The van der Waals surface area contributed by atoms with Gasteiger partial charge in [-0.15, -0.1) is 0 Å². The summed E-state index contributed by atoms with van der Waals surface area (Å²) < 4.78 is 25.7. The molecule has 0 aromatic carbocycles. The molecule has 0 aliphatic carbocycles. The fourth-order valence-electron chi connectivity index (χ4n) is 1.89. The van der Waals surface area contributed by atoms with Gasteiger partial charge in [0, 0.05) is 13.0 Å². The number of halogens is 2. The first kappa shape index (κ1) is 11.4. The van der Waals surface area contributed by atoms with Crippen LogP contribution in [0.4, 0.5) is 8.78 Å². The molecular formula is C9H15F2NO2. The highest BCUT2D eigenvalue weighted by Crippen LogP contribution is 2.28. The molecule has 0 saturated carbocycles. The Balaban J connectivity index is 2.47. The van der Waals surface area contributed by atoms with Crippen LogP contribution in [0.15, 0.2) is 0 Å². The Morgan fingerprint density at radius 1 is 1.64 bits per heavy atom. The summed E-state index contributed by atoms with van der Waals surface area (Å²) in [6.45, 7) is 1.48. The van der Waals surface area contributed by atoms with Gasteiger partial charge >= 0.3 is 11.9 Å². The molecule has 3 nitrogen and oxygen atoms in total. The maximum Gasteiger partial charge on any atom is 0.374 e. The maximum atomic E-state index is 12.8. The zero-order chi connectivity index (χ0) is 10.8.